The molecule has 3 aromatic rings. The summed E-state index contributed by atoms with van der Waals surface area (Å²) in [5.74, 6) is 1.22. The number of hydrogen-bond donors (Lipinski definition) is 1. The van der Waals surface area contributed by atoms with Crippen molar-refractivity contribution in [1.82, 2.24) is 14.9 Å². The molecule has 0 bridgehead atoms. The fourth-order valence-corrected chi connectivity index (χ4v) is 3.67. The summed E-state index contributed by atoms with van der Waals surface area (Å²) < 4.78 is 44.2. The molecule has 0 radical (unpaired) electrons. The van der Waals surface area contributed by atoms with Crippen LogP contribution in [0.25, 0.3) is 0 Å². The number of benzene rings is 2. The Labute approximate surface area is 189 Å². The minimum absolute atomic E-state index is 0.144. The normalized spacial score (nSPS) is 16.5. The van der Waals surface area contributed by atoms with E-state index in [2.05, 4.69) is 15.3 Å². The molecule has 1 atom stereocenters. The van der Waals surface area contributed by atoms with Crippen LogP contribution in [0.15, 0.2) is 60.8 Å². The Morgan fingerprint density at radius 2 is 1.97 bits per heavy atom. The number of carbonyl (C=O) groups excluding carboxylic acids is 1. The Bertz CT molecular complexity index is 1120. The van der Waals surface area contributed by atoms with Gasteiger partial charge in [-0.2, -0.15) is 13.2 Å². The van der Waals surface area contributed by atoms with Crippen LogP contribution in [0, 0.1) is 6.92 Å². The van der Waals surface area contributed by atoms with E-state index < -0.39 is 17.8 Å². The van der Waals surface area contributed by atoms with E-state index >= 15 is 0 Å². The van der Waals surface area contributed by atoms with Gasteiger partial charge < -0.3 is 15.0 Å². The number of morpholine rings is 1. The summed E-state index contributed by atoms with van der Waals surface area (Å²) in [4.78, 5) is 23.2. The van der Waals surface area contributed by atoms with Crippen molar-refractivity contribution in [2.45, 2.75) is 25.7 Å². The smallest absolute Gasteiger partial charge is 0.370 e. The van der Waals surface area contributed by atoms with Crippen LogP contribution >= 0.6 is 0 Å². The number of halogens is 3. The zero-order valence-electron chi connectivity index (χ0n) is 18.0. The number of rotatable bonds is 5. The Balaban J connectivity index is 1.41. The molecule has 1 aromatic heterocycles. The van der Waals surface area contributed by atoms with Crippen molar-refractivity contribution in [3.63, 3.8) is 0 Å². The lowest BCUT2D eigenvalue weighted by molar-refractivity contribution is -0.137. The Morgan fingerprint density at radius 3 is 2.70 bits per heavy atom. The van der Waals surface area contributed by atoms with Crippen molar-refractivity contribution >= 4 is 11.7 Å². The predicted molar refractivity (Wildman–Crippen MR) is 117 cm³/mol. The van der Waals surface area contributed by atoms with Crippen molar-refractivity contribution in [1.29, 1.82) is 0 Å². The Morgan fingerprint density at radius 1 is 1.18 bits per heavy atom. The maximum atomic E-state index is 13.1. The largest absolute Gasteiger partial charge is 0.416 e. The van der Waals surface area contributed by atoms with Crippen LogP contribution in [0.2, 0.25) is 0 Å². The molecule has 33 heavy (non-hydrogen) atoms. The average molecular weight is 456 g/mol. The van der Waals surface area contributed by atoms with E-state index in [1.807, 2.05) is 25.1 Å². The number of amides is 1. The van der Waals surface area contributed by atoms with E-state index in [-0.39, 0.29) is 12.5 Å². The lowest BCUT2D eigenvalue weighted by Gasteiger charge is -2.33. The summed E-state index contributed by atoms with van der Waals surface area (Å²) in [6.45, 7) is 3.30. The van der Waals surface area contributed by atoms with Crippen molar-refractivity contribution in [2.75, 3.05) is 25.0 Å². The van der Waals surface area contributed by atoms with Gasteiger partial charge in [-0.3, -0.25) is 4.79 Å². The molecule has 1 saturated heterocycles. The number of nitrogens with zero attached hydrogens (tertiary/aromatic N) is 3. The second-order valence-electron chi connectivity index (χ2n) is 7.77. The van der Waals surface area contributed by atoms with Gasteiger partial charge in [-0.25, -0.2) is 9.97 Å². The number of ether oxygens (including phenoxy) is 1. The molecule has 4 rings (SSSR count). The van der Waals surface area contributed by atoms with Crippen LogP contribution < -0.4 is 5.32 Å². The number of hydrogen-bond acceptors (Lipinski definition) is 5. The van der Waals surface area contributed by atoms with Gasteiger partial charge in [-0.1, -0.05) is 24.3 Å². The summed E-state index contributed by atoms with van der Waals surface area (Å²) in [6.07, 6.45) is -3.19. The van der Waals surface area contributed by atoms with E-state index in [4.69, 9.17) is 4.74 Å². The van der Waals surface area contributed by atoms with Gasteiger partial charge in [0.25, 0.3) is 5.91 Å². The Hall–Kier alpha value is -3.46. The van der Waals surface area contributed by atoms with Crippen LogP contribution in [0.3, 0.4) is 0 Å². The molecule has 0 saturated carbocycles. The summed E-state index contributed by atoms with van der Waals surface area (Å²) >= 11 is 0. The van der Waals surface area contributed by atoms with Gasteiger partial charge >= 0.3 is 6.18 Å². The zero-order valence-corrected chi connectivity index (χ0v) is 18.0. The molecule has 2 heterocycles. The number of alkyl halides is 3. The van der Waals surface area contributed by atoms with Gasteiger partial charge in [0.1, 0.15) is 17.7 Å². The summed E-state index contributed by atoms with van der Waals surface area (Å²) in [5, 5.41) is 3.22. The van der Waals surface area contributed by atoms with Crippen LogP contribution in [0.4, 0.5) is 19.0 Å². The first-order valence-electron chi connectivity index (χ1n) is 10.5. The summed E-state index contributed by atoms with van der Waals surface area (Å²) in [5.41, 5.74) is 1.36. The third-order valence-electron chi connectivity index (χ3n) is 5.39. The van der Waals surface area contributed by atoms with E-state index in [9.17, 15) is 18.0 Å². The second kappa shape index (κ2) is 9.58. The SMILES string of the molecule is Cc1nccc(NCc2cccc(C(=O)N3CCOC(c4ccc(C(F)(F)F)cc4)C3)c2)n1. The average Bonchev–Trinajstić information content (AvgIpc) is 2.82. The monoisotopic (exact) mass is 456 g/mol. The standard InChI is InChI=1S/C24H23F3N4O2/c1-16-28-10-9-22(30-16)29-14-17-3-2-4-19(13-17)23(32)31-11-12-33-21(15-31)18-5-7-20(8-6-18)24(25,26)27/h2-10,13,21H,11-12,14-15H2,1H3,(H,28,29,30). The molecular formula is C24H23F3N4O2. The molecule has 2 aromatic carbocycles. The third-order valence-corrected chi connectivity index (χ3v) is 5.39. The van der Waals surface area contributed by atoms with E-state index in [1.54, 1.807) is 23.2 Å². The summed E-state index contributed by atoms with van der Waals surface area (Å²) in [7, 11) is 0. The molecule has 1 amide bonds. The van der Waals surface area contributed by atoms with Gasteiger partial charge in [-0.15, -0.1) is 0 Å². The van der Waals surface area contributed by atoms with Crippen molar-refractivity contribution < 1.29 is 22.7 Å². The molecule has 1 unspecified atom stereocenters. The highest BCUT2D eigenvalue weighted by Gasteiger charge is 2.31. The van der Waals surface area contributed by atoms with Gasteiger partial charge in [-0.05, 0) is 48.4 Å². The molecule has 1 aliphatic heterocycles. The maximum absolute atomic E-state index is 13.1. The van der Waals surface area contributed by atoms with Gasteiger partial charge in [0, 0.05) is 24.8 Å². The molecule has 9 heteroatoms. The third kappa shape index (κ3) is 5.67. The van der Waals surface area contributed by atoms with Gasteiger partial charge in [0.05, 0.1) is 18.7 Å². The van der Waals surface area contributed by atoms with Gasteiger partial charge in [0.15, 0.2) is 0 Å². The molecule has 1 aliphatic rings. The van der Waals surface area contributed by atoms with E-state index in [0.717, 1.165) is 17.7 Å². The zero-order chi connectivity index (χ0) is 23.4. The minimum atomic E-state index is -4.39. The molecule has 1 N–H and O–H groups in total. The number of nitrogens with one attached hydrogen (secondary N) is 1. The molecular weight excluding hydrogens is 433 g/mol. The minimum Gasteiger partial charge on any atom is -0.370 e. The van der Waals surface area contributed by atoms with Gasteiger partial charge in [0.2, 0.25) is 0 Å². The first kappa shape index (κ1) is 22.7. The van der Waals surface area contributed by atoms with Crippen LogP contribution in [-0.2, 0) is 17.5 Å². The second-order valence-corrected chi connectivity index (χ2v) is 7.77. The number of anilines is 1. The highest BCUT2D eigenvalue weighted by Crippen LogP contribution is 2.31. The molecule has 0 spiro atoms. The first-order valence-corrected chi connectivity index (χ1v) is 10.5. The fourth-order valence-electron chi connectivity index (χ4n) is 3.67. The number of aromatic nitrogens is 2. The molecule has 172 valence electrons. The van der Waals surface area contributed by atoms with Crippen molar-refractivity contribution in [3.05, 3.63) is 88.9 Å². The quantitative estimate of drug-likeness (QED) is 0.607. The lowest BCUT2D eigenvalue weighted by Crippen LogP contribution is -2.42. The molecule has 6 nitrogen and oxygen atoms in total. The molecule has 1 fully saturated rings. The van der Waals surface area contributed by atoms with Crippen LogP contribution in [-0.4, -0.2) is 40.5 Å². The highest BCUT2D eigenvalue weighted by molar-refractivity contribution is 5.94. The predicted octanol–water partition coefficient (Wildman–Crippen LogP) is 4.63. The Kier molecular flexibility index (Phi) is 6.60. The topological polar surface area (TPSA) is 67.4 Å². The van der Waals surface area contributed by atoms with E-state index in [1.165, 1.54) is 12.1 Å². The van der Waals surface area contributed by atoms with Crippen LogP contribution in [0.5, 0.6) is 0 Å². The van der Waals surface area contributed by atoms with Crippen molar-refractivity contribution in [2.24, 2.45) is 0 Å². The number of carbonyl (C=O) groups is 1. The van der Waals surface area contributed by atoms with Crippen LogP contribution in [0.1, 0.15) is 39.0 Å². The number of aryl methyl sites for hydroxylation is 1. The fraction of sp³-hybridized carbons (Fsp3) is 0.292. The first-order chi connectivity index (χ1) is 15.8. The highest BCUT2D eigenvalue weighted by atomic mass is 19.4. The summed E-state index contributed by atoms with van der Waals surface area (Å²) in [6, 6.07) is 14.0. The molecule has 0 aliphatic carbocycles. The van der Waals surface area contributed by atoms with Crippen molar-refractivity contribution in [3.8, 4) is 0 Å². The van der Waals surface area contributed by atoms with E-state index in [0.29, 0.717) is 42.5 Å². The maximum Gasteiger partial charge on any atom is 0.416 e. The lowest BCUT2D eigenvalue weighted by atomic mass is 10.0.